The summed E-state index contributed by atoms with van der Waals surface area (Å²) < 4.78 is 26.3. The summed E-state index contributed by atoms with van der Waals surface area (Å²) in [5.74, 6) is -0.259. The summed E-state index contributed by atoms with van der Waals surface area (Å²) >= 11 is 5.92. The van der Waals surface area contributed by atoms with Crippen molar-refractivity contribution in [3.05, 3.63) is 77.3 Å². The Morgan fingerprint density at radius 3 is 2.52 bits per heavy atom. The Balaban J connectivity index is 1.93. The van der Waals surface area contributed by atoms with Crippen molar-refractivity contribution >= 4 is 27.5 Å². The maximum Gasteiger partial charge on any atom is 0.251 e. The summed E-state index contributed by atoms with van der Waals surface area (Å²) in [4.78, 5) is 12.2. The molecule has 0 spiro atoms. The lowest BCUT2D eigenvalue weighted by Gasteiger charge is -2.08. The summed E-state index contributed by atoms with van der Waals surface area (Å²) in [6, 6.07) is 13.2. The molecule has 7 heteroatoms. The molecule has 0 saturated heterocycles. The van der Waals surface area contributed by atoms with Gasteiger partial charge in [-0.05, 0) is 48.4 Å². The zero-order valence-electron chi connectivity index (χ0n) is 13.5. The molecule has 0 heterocycles. The highest BCUT2D eigenvalue weighted by molar-refractivity contribution is 7.89. The van der Waals surface area contributed by atoms with Gasteiger partial charge in [0.15, 0.2) is 0 Å². The fourth-order valence-corrected chi connectivity index (χ4v) is 3.36. The molecule has 0 aliphatic rings. The molecule has 0 bridgehead atoms. The summed E-state index contributed by atoms with van der Waals surface area (Å²) in [6.07, 6.45) is 2.11. The normalized spacial score (nSPS) is 11.1. The van der Waals surface area contributed by atoms with E-state index in [2.05, 4.69) is 16.6 Å². The average Bonchev–Trinajstić information content (AvgIpc) is 2.60. The van der Waals surface area contributed by atoms with Crippen LogP contribution in [0.1, 0.15) is 15.9 Å². The van der Waals surface area contributed by atoms with E-state index in [1.54, 1.807) is 6.07 Å². The van der Waals surface area contributed by atoms with Crippen LogP contribution in [0.5, 0.6) is 0 Å². The number of carbonyl (C=O) groups excluding carboxylic acids is 1. The number of carbonyl (C=O) groups is 1. The first-order chi connectivity index (χ1) is 11.9. The third-order valence-corrected chi connectivity index (χ3v) is 5.11. The molecule has 2 N–H and O–H groups in total. The van der Waals surface area contributed by atoms with Crippen LogP contribution in [0.25, 0.3) is 0 Å². The molecule has 0 fully saturated rings. The Morgan fingerprint density at radius 2 is 1.88 bits per heavy atom. The lowest BCUT2D eigenvalue weighted by atomic mass is 10.1. The van der Waals surface area contributed by atoms with Crippen LogP contribution in [0.3, 0.4) is 0 Å². The molecular formula is C18H19ClN2O3S. The summed E-state index contributed by atoms with van der Waals surface area (Å²) in [5.41, 5.74) is 1.43. The molecule has 2 aromatic rings. The van der Waals surface area contributed by atoms with Crippen LogP contribution >= 0.6 is 11.6 Å². The Morgan fingerprint density at radius 1 is 1.16 bits per heavy atom. The first-order valence-electron chi connectivity index (χ1n) is 7.65. The van der Waals surface area contributed by atoms with E-state index in [1.807, 2.05) is 18.2 Å². The van der Waals surface area contributed by atoms with Crippen LogP contribution in [0.15, 0.2) is 66.1 Å². The van der Waals surface area contributed by atoms with Gasteiger partial charge in [0.05, 0.1) is 4.90 Å². The highest BCUT2D eigenvalue weighted by Gasteiger charge is 2.13. The molecule has 0 aliphatic carbocycles. The van der Waals surface area contributed by atoms with Crippen molar-refractivity contribution in [2.24, 2.45) is 0 Å². The minimum absolute atomic E-state index is 0.102. The number of halogens is 1. The van der Waals surface area contributed by atoms with Crippen LogP contribution in [0.2, 0.25) is 5.02 Å². The van der Waals surface area contributed by atoms with E-state index in [-0.39, 0.29) is 17.3 Å². The molecule has 25 heavy (non-hydrogen) atoms. The summed E-state index contributed by atoms with van der Waals surface area (Å²) in [6.45, 7) is 4.07. The fraction of sp³-hybridized carbons (Fsp3) is 0.167. The molecule has 2 aromatic carbocycles. The third kappa shape index (κ3) is 5.70. The number of hydrogen-bond acceptors (Lipinski definition) is 3. The van der Waals surface area contributed by atoms with Crippen molar-refractivity contribution in [2.45, 2.75) is 11.3 Å². The zero-order valence-corrected chi connectivity index (χ0v) is 15.1. The lowest BCUT2D eigenvalue weighted by Crippen LogP contribution is -2.26. The van der Waals surface area contributed by atoms with Gasteiger partial charge < -0.3 is 5.32 Å². The maximum atomic E-state index is 12.1. The van der Waals surface area contributed by atoms with Crippen LogP contribution in [-0.2, 0) is 16.4 Å². The van der Waals surface area contributed by atoms with Gasteiger partial charge >= 0.3 is 0 Å². The van der Waals surface area contributed by atoms with Crippen molar-refractivity contribution in [1.82, 2.24) is 10.0 Å². The van der Waals surface area contributed by atoms with Gasteiger partial charge in [0, 0.05) is 23.7 Å². The first kappa shape index (κ1) is 19.2. The maximum absolute atomic E-state index is 12.1. The Kier molecular flexibility index (Phi) is 6.75. The summed E-state index contributed by atoms with van der Waals surface area (Å²) in [5, 5.41) is 3.46. The van der Waals surface area contributed by atoms with Crippen LogP contribution < -0.4 is 10.0 Å². The molecule has 1 amide bonds. The highest BCUT2D eigenvalue weighted by atomic mass is 35.5. The van der Waals surface area contributed by atoms with E-state index in [9.17, 15) is 13.2 Å². The molecule has 0 aliphatic heterocycles. The van der Waals surface area contributed by atoms with E-state index < -0.39 is 10.0 Å². The van der Waals surface area contributed by atoms with Crippen molar-refractivity contribution in [3.8, 4) is 0 Å². The number of benzene rings is 2. The monoisotopic (exact) mass is 378 g/mol. The third-order valence-electron chi connectivity index (χ3n) is 3.43. The lowest BCUT2D eigenvalue weighted by molar-refractivity contribution is 0.0954. The molecular weight excluding hydrogens is 360 g/mol. The SMILES string of the molecule is C=CCNS(=O)(=O)c1ccc(C(=O)NCCc2cccc(Cl)c2)cc1. The van der Waals surface area contributed by atoms with Crippen molar-refractivity contribution in [2.75, 3.05) is 13.1 Å². The predicted octanol–water partition coefficient (Wildman–Crippen LogP) is 2.78. The second kappa shape index (κ2) is 8.80. The van der Waals surface area contributed by atoms with Gasteiger partial charge in [-0.1, -0.05) is 29.8 Å². The van der Waals surface area contributed by atoms with Gasteiger partial charge in [-0.25, -0.2) is 13.1 Å². The Bertz CT molecular complexity index is 849. The van der Waals surface area contributed by atoms with Crippen molar-refractivity contribution < 1.29 is 13.2 Å². The van der Waals surface area contributed by atoms with Crippen molar-refractivity contribution in [1.29, 1.82) is 0 Å². The van der Waals surface area contributed by atoms with Gasteiger partial charge in [0.2, 0.25) is 10.0 Å². The van der Waals surface area contributed by atoms with Crippen LogP contribution in [-0.4, -0.2) is 27.4 Å². The number of nitrogens with one attached hydrogen (secondary N) is 2. The zero-order chi connectivity index (χ0) is 18.3. The summed E-state index contributed by atoms with van der Waals surface area (Å²) in [7, 11) is -3.59. The van der Waals surface area contributed by atoms with E-state index in [0.29, 0.717) is 23.6 Å². The molecule has 0 atom stereocenters. The second-order valence-electron chi connectivity index (χ2n) is 5.30. The topological polar surface area (TPSA) is 75.3 Å². The van der Waals surface area contributed by atoms with Crippen molar-refractivity contribution in [3.63, 3.8) is 0 Å². The van der Waals surface area contributed by atoms with E-state index in [0.717, 1.165) is 5.56 Å². The van der Waals surface area contributed by atoms with Crippen LogP contribution in [0.4, 0.5) is 0 Å². The molecule has 2 rings (SSSR count). The smallest absolute Gasteiger partial charge is 0.251 e. The predicted molar refractivity (Wildman–Crippen MR) is 99.3 cm³/mol. The fourth-order valence-electron chi connectivity index (χ4n) is 2.15. The van der Waals surface area contributed by atoms with E-state index in [1.165, 1.54) is 30.3 Å². The minimum Gasteiger partial charge on any atom is -0.352 e. The number of hydrogen-bond donors (Lipinski definition) is 2. The van der Waals surface area contributed by atoms with Gasteiger partial charge in [0.1, 0.15) is 0 Å². The van der Waals surface area contributed by atoms with Gasteiger partial charge in [-0.3, -0.25) is 4.79 Å². The molecule has 132 valence electrons. The highest BCUT2D eigenvalue weighted by Crippen LogP contribution is 2.12. The van der Waals surface area contributed by atoms with Gasteiger partial charge in [0.25, 0.3) is 5.91 Å². The number of rotatable bonds is 8. The Labute approximate surface area is 152 Å². The van der Waals surface area contributed by atoms with Gasteiger partial charge in [-0.2, -0.15) is 0 Å². The number of sulfonamides is 1. The largest absolute Gasteiger partial charge is 0.352 e. The Hall–Kier alpha value is -2.15. The molecule has 5 nitrogen and oxygen atoms in total. The first-order valence-corrected chi connectivity index (χ1v) is 9.52. The van der Waals surface area contributed by atoms with Gasteiger partial charge in [-0.15, -0.1) is 6.58 Å². The van der Waals surface area contributed by atoms with Crippen LogP contribution in [0, 0.1) is 0 Å². The minimum atomic E-state index is -3.59. The standard InChI is InChI=1S/C18H19ClN2O3S/c1-2-11-21-25(23,24)17-8-6-15(7-9-17)18(22)20-12-10-14-4-3-5-16(19)13-14/h2-9,13,21H,1,10-12H2,(H,20,22). The number of amides is 1. The second-order valence-corrected chi connectivity index (χ2v) is 7.50. The molecule has 0 aromatic heterocycles. The van der Waals surface area contributed by atoms with E-state index >= 15 is 0 Å². The molecule has 0 radical (unpaired) electrons. The van der Waals surface area contributed by atoms with E-state index in [4.69, 9.17) is 11.6 Å². The molecule has 0 unspecified atom stereocenters. The molecule has 0 saturated carbocycles. The average molecular weight is 379 g/mol. The quantitative estimate of drug-likeness (QED) is 0.693.